The zero-order valence-corrected chi connectivity index (χ0v) is 13.3. The van der Waals surface area contributed by atoms with Crippen LogP contribution in [0.15, 0.2) is 30.3 Å². The average molecular weight is 301 g/mol. The van der Waals surface area contributed by atoms with Crippen LogP contribution in [-0.2, 0) is 11.2 Å². The van der Waals surface area contributed by atoms with Gasteiger partial charge in [-0.1, -0.05) is 30.3 Å². The molecule has 0 spiro atoms. The first-order chi connectivity index (χ1) is 10.8. The number of carbonyl (C=O) groups is 1. The van der Waals surface area contributed by atoms with E-state index in [0.717, 1.165) is 37.7 Å². The smallest absolute Gasteiger partial charge is 0.227 e. The molecule has 0 unspecified atom stereocenters. The van der Waals surface area contributed by atoms with Crippen molar-refractivity contribution in [1.82, 2.24) is 15.1 Å². The summed E-state index contributed by atoms with van der Waals surface area (Å²) in [6, 6.07) is 10.1. The SMILES string of the molecule is O=C(Cc1ccccc1)N1CCN(CC2CCNCC2)CC1. The van der Waals surface area contributed by atoms with Gasteiger partial charge in [0.2, 0.25) is 5.91 Å². The molecule has 3 rings (SSSR count). The summed E-state index contributed by atoms with van der Waals surface area (Å²) in [7, 11) is 0. The molecular weight excluding hydrogens is 274 g/mol. The van der Waals surface area contributed by atoms with Crippen molar-refractivity contribution in [2.24, 2.45) is 5.92 Å². The van der Waals surface area contributed by atoms with Gasteiger partial charge in [-0.2, -0.15) is 0 Å². The lowest BCUT2D eigenvalue weighted by molar-refractivity contribution is -0.132. The molecule has 2 aliphatic rings. The Morgan fingerprint density at radius 3 is 2.41 bits per heavy atom. The van der Waals surface area contributed by atoms with Gasteiger partial charge in [-0.15, -0.1) is 0 Å². The van der Waals surface area contributed by atoms with Gasteiger partial charge in [0, 0.05) is 32.7 Å². The Labute approximate surface area is 133 Å². The molecule has 22 heavy (non-hydrogen) atoms. The molecule has 2 saturated heterocycles. The van der Waals surface area contributed by atoms with Crippen molar-refractivity contribution in [2.45, 2.75) is 19.3 Å². The van der Waals surface area contributed by atoms with Gasteiger partial charge in [0.25, 0.3) is 0 Å². The molecule has 0 aliphatic carbocycles. The predicted molar refractivity (Wildman–Crippen MR) is 88.8 cm³/mol. The van der Waals surface area contributed by atoms with Crippen molar-refractivity contribution in [3.8, 4) is 0 Å². The first-order valence-electron chi connectivity index (χ1n) is 8.56. The van der Waals surface area contributed by atoms with E-state index >= 15 is 0 Å². The summed E-state index contributed by atoms with van der Waals surface area (Å²) in [6.07, 6.45) is 3.13. The highest BCUT2D eigenvalue weighted by Crippen LogP contribution is 2.15. The van der Waals surface area contributed by atoms with E-state index in [4.69, 9.17) is 0 Å². The number of nitrogens with one attached hydrogen (secondary N) is 1. The lowest BCUT2D eigenvalue weighted by Gasteiger charge is -2.37. The predicted octanol–water partition coefficient (Wildman–Crippen LogP) is 1.37. The fraction of sp³-hybridized carbons (Fsp3) is 0.611. The van der Waals surface area contributed by atoms with E-state index in [2.05, 4.69) is 10.2 Å². The summed E-state index contributed by atoms with van der Waals surface area (Å²) < 4.78 is 0. The lowest BCUT2D eigenvalue weighted by atomic mass is 9.97. The maximum Gasteiger partial charge on any atom is 0.227 e. The van der Waals surface area contributed by atoms with Crippen molar-refractivity contribution < 1.29 is 4.79 Å². The first kappa shape index (κ1) is 15.5. The minimum absolute atomic E-state index is 0.271. The summed E-state index contributed by atoms with van der Waals surface area (Å²) in [5.74, 6) is 1.11. The Bertz CT molecular complexity index is 462. The maximum atomic E-state index is 12.4. The quantitative estimate of drug-likeness (QED) is 0.912. The fourth-order valence-corrected chi connectivity index (χ4v) is 3.49. The Morgan fingerprint density at radius 2 is 1.73 bits per heavy atom. The van der Waals surface area contributed by atoms with Gasteiger partial charge in [-0.25, -0.2) is 0 Å². The Balaban J connectivity index is 1.42. The normalized spacial score (nSPS) is 21.0. The summed E-state index contributed by atoms with van der Waals surface area (Å²) in [5.41, 5.74) is 1.12. The van der Waals surface area contributed by atoms with Crippen LogP contribution in [-0.4, -0.2) is 61.5 Å². The zero-order valence-electron chi connectivity index (χ0n) is 13.3. The summed E-state index contributed by atoms with van der Waals surface area (Å²) >= 11 is 0. The largest absolute Gasteiger partial charge is 0.340 e. The van der Waals surface area contributed by atoms with E-state index in [1.165, 1.54) is 32.5 Å². The number of hydrogen-bond donors (Lipinski definition) is 1. The number of carbonyl (C=O) groups excluding carboxylic acids is 1. The molecule has 1 aromatic rings. The van der Waals surface area contributed by atoms with Crippen LogP contribution < -0.4 is 5.32 Å². The minimum atomic E-state index is 0.271. The molecule has 1 aromatic carbocycles. The van der Waals surface area contributed by atoms with Crippen LogP contribution in [0.4, 0.5) is 0 Å². The van der Waals surface area contributed by atoms with E-state index in [0.29, 0.717) is 6.42 Å². The third kappa shape index (κ3) is 4.31. The van der Waals surface area contributed by atoms with Crippen LogP contribution >= 0.6 is 0 Å². The maximum absolute atomic E-state index is 12.4. The molecule has 1 N–H and O–H groups in total. The van der Waals surface area contributed by atoms with Crippen LogP contribution in [0.5, 0.6) is 0 Å². The number of nitrogens with zero attached hydrogens (tertiary/aromatic N) is 2. The van der Waals surface area contributed by atoms with Crippen molar-refractivity contribution >= 4 is 5.91 Å². The molecule has 2 heterocycles. The Morgan fingerprint density at radius 1 is 1.05 bits per heavy atom. The number of piperidine rings is 1. The molecule has 120 valence electrons. The van der Waals surface area contributed by atoms with Gasteiger partial charge in [-0.05, 0) is 37.4 Å². The third-order valence-corrected chi connectivity index (χ3v) is 4.90. The number of hydrogen-bond acceptors (Lipinski definition) is 3. The first-order valence-corrected chi connectivity index (χ1v) is 8.56. The zero-order chi connectivity index (χ0) is 15.2. The van der Waals surface area contributed by atoms with E-state index in [-0.39, 0.29) is 5.91 Å². The monoisotopic (exact) mass is 301 g/mol. The molecule has 1 amide bonds. The van der Waals surface area contributed by atoms with E-state index in [9.17, 15) is 4.79 Å². The summed E-state index contributed by atoms with van der Waals surface area (Å²) in [5, 5.41) is 3.43. The van der Waals surface area contributed by atoms with E-state index in [1.54, 1.807) is 0 Å². The molecule has 2 aliphatic heterocycles. The summed E-state index contributed by atoms with van der Waals surface area (Å²) in [6.45, 7) is 7.38. The van der Waals surface area contributed by atoms with Gasteiger partial charge in [0.15, 0.2) is 0 Å². The van der Waals surface area contributed by atoms with Crippen LogP contribution in [0.2, 0.25) is 0 Å². The standard InChI is InChI=1S/C18H27N3O/c22-18(14-16-4-2-1-3-5-16)21-12-10-20(11-13-21)15-17-6-8-19-9-7-17/h1-5,17,19H,6-15H2. The molecular formula is C18H27N3O. The van der Waals surface area contributed by atoms with Crippen molar-refractivity contribution in [1.29, 1.82) is 0 Å². The third-order valence-electron chi connectivity index (χ3n) is 4.90. The van der Waals surface area contributed by atoms with Crippen LogP contribution in [0, 0.1) is 5.92 Å². The summed E-state index contributed by atoms with van der Waals surface area (Å²) in [4.78, 5) is 16.9. The van der Waals surface area contributed by atoms with Gasteiger partial charge in [0.1, 0.15) is 0 Å². The van der Waals surface area contributed by atoms with Crippen LogP contribution in [0.1, 0.15) is 18.4 Å². The Kier molecular flexibility index (Phi) is 5.46. The number of rotatable bonds is 4. The van der Waals surface area contributed by atoms with Gasteiger partial charge >= 0.3 is 0 Å². The van der Waals surface area contributed by atoms with Crippen molar-refractivity contribution in [2.75, 3.05) is 45.8 Å². The number of amides is 1. The number of piperazine rings is 1. The van der Waals surface area contributed by atoms with E-state index < -0.39 is 0 Å². The second kappa shape index (κ2) is 7.75. The van der Waals surface area contributed by atoms with Crippen LogP contribution in [0.3, 0.4) is 0 Å². The average Bonchev–Trinajstić information content (AvgIpc) is 2.57. The van der Waals surface area contributed by atoms with Gasteiger partial charge in [0.05, 0.1) is 6.42 Å². The molecule has 4 nitrogen and oxygen atoms in total. The molecule has 4 heteroatoms. The molecule has 0 aromatic heterocycles. The minimum Gasteiger partial charge on any atom is -0.340 e. The molecule has 0 radical (unpaired) electrons. The van der Waals surface area contributed by atoms with E-state index in [1.807, 2.05) is 35.2 Å². The second-order valence-corrected chi connectivity index (χ2v) is 6.54. The van der Waals surface area contributed by atoms with Crippen molar-refractivity contribution in [3.05, 3.63) is 35.9 Å². The molecule has 0 bridgehead atoms. The molecule has 2 fully saturated rings. The highest BCUT2D eigenvalue weighted by Gasteiger charge is 2.23. The van der Waals surface area contributed by atoms with Crippen molar-refractivity contribution in [3.63, 3.8) is 0 Å². The second-order valence-electron chi connectivity index (χ2n) is 6.54. The topological polar surface area (TPSA) is 35.6 Å². The molecule has 0 saturated carbocycles. The lowest BCUT2D eigenvalue weighted by Crippen LogP contribution is -2.50. The van der Waals surface area contributed by atoms with Gasteiger partial charge < -0.3 is 10.2 Å². The number of benzene rings is 1. The van der Waals surface area contributed by atoms with Gasteiger partial charge in [-0.3, -0.25) is 9.69 Å². The highest BCUT2D eigenvalue weighted by molar-refractivity contribution is 5.78. The fourth-order valence-electron chi connectivity index (χ4n) is 3.49. The molecule has 0 atom stereocenters. The Hall–Kier alpha value is -1.39. The highest BCUT2D eigenvalue weighted by atomic mass is 16.2. The van der Waals surface area contributed by atoms with Crippen LogP contribution in [0.25, 0.3) is 0 Å².